The number of thiazole rings is 1. The number of benzene rings is 2. The predicted molar refractivity (Wildman–Crippen MR) is 125 cm³/mol. The predicted octanol–water partition coefficient (Wildman–Crippen LogP) is 3.00. The van der Waals surface area contributed by atoms with Crippen LogP contribution in [0, 0.1) is 0 Å². The van der Waals surface area contributed by atoms with Gasteiger partial charge in [0.1, 0.15) is 0 Å². The third-order valence-corrected chi connectivity index (χ3v) is 6.71. The van der Waals surface area contributed by atoms with Gasteiger partial charge in [-0.2, -0.15) is 0 Å². The topological polar surface area (TPSA) is 100 Å². The number of anilines is 1. The number of aromatic nitrogens is 1. The molecule has 0 spiro atoms. The van der Waals surface area contributed by atoms with Crippen molar-refractivity contribution in [1.29, 1.82) is 0 Å². The Balaban J connectivity index is 1.88. The van der Waals surface area contributed by atoms with Crippen LogP contribution in [0.1, 0.15) is 26.3 Å². The lowest BCUT2D eigenvalue weighted by Crippen LogP contribution is -2.40. The molecule has 0 atom stereocenters. The molecule has 2 radical (unpaired) electrons. The molecule has 2 aromatic carbocycles. The summed E-state index contributed by atoms with van der Waals surface area (Å²) in [5.41, 5.74) is 1.08. The smallest absolute Gasteiger partial charge is 0.319 e. The Morgan fingerprint density at radius 3 is 2.45 bits per heavy atom. The number of urea groups is 1. The molecule has 0 unspecified atom stereocenters. The van der Waals surface area contributed by atoms with Crippen molar-refractivity contribution < 1.29 is 13.2 Å². The molecule has 0 fully saturated rings. The Labute approximate surface area is 187 Å². The zero-order valence-electron chi connectivity index (χ0n) is 17.5. The Hall–Kier alpha value is -2.69. The van der Waals surface area contributed by atoms with E-state index in [-0.39, 0.29) is 4.90 Å². The fourth-order valence-corrected chi connectivity index (χ4v) is 5.30. The molecule has 7 nitrogen and oxygen atoms in total. The average molecular weight is 454 g/mol. The van der Waals surface area contributed by atoms with Gasteiger partial charge < -0.3 is 10.6 Å². The summed E-state index contributed by atoms with van der Waals surface area (Å²) in [6, 6.07) is 13.7. The molecule has 0 aliphatic rings. The standard InChI is InChI=1S/C21H23BN4O3S2/c1-21(2,3)26-31(28,29)18-11-15(9-10-16(18)17-13-23-19(22)30-17)25-20(27)24-12-14-7-5-4-6-8-14/h4-11,13,26H,12H2,1-3H3,(H2,24,25,27). The van der Waals surface area contributed by atoms with E-state index in [0.717, 1.165) is 5.56 Å². The number of hydrogen-bond donors (Lipinski definition) is 3. The van der Waals surface area contributed by atoms with Crippen LogP contribution in [0.25, 0.3) is 10.4 Å². The average Bonchev–Trinajstić information content (AvgIpc) is 3.11. The van der Waals surface area contributed by atoms with Crippen LogP contribution in [0.3, 0.4) is 0 Å². The van der Waals surface area contributed by atoms with Crippen molar-refractivity contribution in [2.24, 2.45) is 0 Å². The summed E-state index contributed by atoms with van der Waals surface area (Å²) in [6.07, 6.45) is 1.53. The summed E-state index contributed by atoms with van der Waals surface area (Å²) in [5.74, 6) is 0. The van der Waals surface area contributed by atoms with Gasteiger partial charge >= 0.3 is 6.03 Å². The summed E-state index contributed by atoms with van der Waals surface area (Å²) < 4.78 is 28.9. The van der Waals surface area contributed by atoms with E-state index in [9.17, 15) is 13.2 Å². The van der Waals surface area contributed by atoms with Crippen LogP contribution in [0.2, 0.25) is 0 Å². The van der Waals surface area contributed by atoms with Gasteiger partial charge in [0.15, 0.2) is 7.85 Å². The molecular formula is C21H23BN4O3S2. The van der Waals surface area contributed by atoms with Crippen molar-refractivity contribution in [3.8, 4) is 10.4 Å². The maximum absolute atomic E-state index is 13.1. The van der Waals surface area contributed by atoms with Crippen molar-refractivity contribution in [3.05, 3.63) is 60.3 Å². The minimum absolute atomic E-state index is 0.0342. The maximum atomic E-state index is 13.1. The van der Waals surface area contributed by atoms with E-state index in [2.05, 4.69) is 20.3 Å². The van der Waals surface area contributed by atoms with Crippen molar-refractivity contribution in [2.75, 3.05) is 5.32 Å². The fraction of sp³-hybridized carbons (Fsp3) is 0.238. The second-order valence-electron chi connectivity index (χ2n) is 7.92. The molecule has 3 rings (SSSR count). The minimum atomic E-state index is -3.88. The molecule has 2 amide bonds. The van der Waals surface area contributed by atoms with Gasteiger partial charge in [-0.05, 0) is 38.5 Å². The van der Waals surface area contributed by atoms with E-state index < -0.39 is 21.6 Å². The molecule has 0 aliphatic carbocycles. The van der Waals surface area contributed by atoms with Crippen LogP contribution in [-0.2, 0) is 16.6 Å². The maximum Gasteiger partial charge on any atom is 0.319 e. The second kappa shape index (κ2) is 9.21. The molecule has 1 heterocycles. The summed E-state index contributed by atoms with van der Waals surface area (Å²) in [7, 11) is 1.85. The fourth-order valence-electron chi connectivity index (χ4n) is 2.85. The van der Waals surface area contributed by atoms with Crippen LogP contribution in [0.15, 0.2) is 59.6 Å². The van der Waals surface area contributed by atoms with E-state index >= 15 is 0 Å². The van der Waals surface area contributed by atoms with Gasteiger partial charge in [0.2, 0.25) is 10.0 Å². The molecule has 31 heavy (non-hydrogen) atoms. The number of nitrogens with one attached hydrogen (secondary N) is 3. The van der Waals surface area contributed by atoms with Crippen LogP contribution < -0.4 is 20.3 Å². The van der Waals surface area contributed by atoms with Gasteiger partial charge in [-0.1, -0.05) is 36.4 Å². The lowest BCUT2D eigenvalue weighted by Gasteiger charge is -2.22. The first-order chi connectivity index (χ1) is 14.5. The van der Waals surface area contributed by atoms with Gasteiger partial charge in [-0.15, -0.1) is 11.3 Å². The summed E-state index contributed by atoms with van der Waals surface area (Å²) in [6.45, 7) is 5.62. The third-order valence-electron chi connectivity index (χ3n) is 4.05. The van der Waals surface area contributed by atoms with Gasteiger partial charge in [-0.3, -0.25) is 4.98 Å². The van der Waals surface area contributed by atoms with E-state index in [1.54, 1.807) is 32.9 Å². The van der Waals surface area contributed by atoms with Crippen LogP contribution in [-0.4, -0.2) is 32.8 Å². The lowest BCUT2D eigenvalue weighted by atomic mass is 10.1. The largest absolute Gasteiger partial charge is 0.334 e. The Kier molecular flexibility index (Phi) is 6.83. The highest BCUT2D eigenvalue weighted by Crippen LogP contribution is 2.32. The molecule has 0 bridgehead atoms. The molecule has 1 aromatic heterocycles. The molecule has 160 valence electrons. The van der Waals surface area contributed by atoms with Gasteiger partial charge in [0.25, 0.3) is 0 Å². The van der Waals surface area contributed by atoms with Gasteiger partial charge in [0.05, 0.1) is 9.77 Å². The van der Waals surface area contributed by atoms with Crippen LogP contribution in [0.5, 0.6) is 0 Å². The summed E-state index contributed by atoms with van der Waals surface area (Å²) in [4.78, 5) is 17.3. The van der Waals surface area contributed by atoms with Gasteiger partial charge in [0, 0.05) is 34.4 Å². The van der Waals surface area contributed by atoms with Crippen molar-refractivity contribution in [1.82, 2.24) is 15.0 Å². The van der Waals surface area contributed by atoms with Crippen molar-refractivity contribution in [2.45, 2.75) is 37.8 Å². The van der Waals surface area contributed by atoms with Crippen LogP contribution >= 0.6 is 11.3 Å². The number of sulfonamides is 1. The number of carbonyl (C=O) groups excluding carboxylic acids is 1. The molecule has 10 heteroatoms. The number of rotatable bonds is 6. The second-order valence-corrected chi connectivity index (χ2v) is 10.6. The number of hydrogen-bond acceptors (Lipinski definition) is 5. The molecule has 0 aliphatic heterocycles. The Morgan fingerprint density at radius 2 is 1.84 bits per heavy atom. The van der Waals surface area contributed by atoms with Crippen molar-refractivity contribution in [3.63, 3.8) is 0 Å². The molecule has 3 aromatic rings. The quantitative estimate of drug-likeness (QED) is 0.499. The molecular weight excluding hydrogens is 431 g/mol. The molecule has 3 N–H and O–H groups in total. The number of nitrogens with zero attached hydrogens (tertiary/aromatic N) is 1. The Bertz CT molecular complexity index is 1170. The minimum Gasteiger partial charge on any atom is -0.334 e. The third kappa shape index (κ3) is 6.40. The summed E-state index contributed by atoms with van der Waals surface area (Å²) >= 11 is 1.19. The normalized spacial score (nSPS) is 11.8. The Morgan fingerprint density at radius 1 is 1.13 bits per heavy atom. The van der Waals surface area contributed by atoms with E-state index in [1.807, 2.05) is 30.3 Å². The van der Waals surface area contributed by atoms with Crippen LogP contribution in [0.4, 0.5) is 10.5 Å². The highest BCUT2D eigenvalue weighted by atomic mass is 32.2. The zero-order valence-corrected chi connectivity index (χ0v) is 19.1. The monoisotopic (exact) mass is 454 g/mol. The van der Waals surface area contributed by atoms with E-state index in [1.165, 1.54) is 23.6 Å². The first kappa shape index (κ1) is 23.0. The zero-order chi connectivity index (χ0) is 22.6. The SMILES string of the molecule is [B]c1ncc(-c2ccc(NC(=O)NCc3ccccc3)cc2S(=O)(=O)NC(C)(C)C)s1. The number of amides is 2. The van der Waals surface area contributed by atoms with E-state index in [0.29, 0.717) is 27.6 Å². The van der Waals surface area contributed by atoms with Gasteiger partial charge in [-0.25, -0.2) is 17.9 Å². The van der Waals surface area contributed by atoms with E-state index in [4.69, 9.17) is 7.85 Å². The first-order valence-corrected chi connectivity index (χ1v) is 11.8. The summed E-state index contributed by atoms with van der Waals surface area (Å²) in [5, 5.41) is 5.45. The highest BCUT2D eigenvalue weighted by molar-refractivity contribution is 7.89. The molecule has 0 saturated heterocycles. The molecule has 0 saturated carbocycles. The number of carbonyl (C=O) groups is 1. The highest BCUT2D eigenvalue weighted by Gasteiger charge is 2.26. The first-order valence-electron chi connectivity index (χ1n) is 9.52. The van der Waals surface area contributed by atoms with Crippen molar-refractivity contribution >= 4 is 45.8 Å². The lowest BCUT2D eigenvalue weighted by molar-refractivity contribution is 0.251.